The first kappa shape index (κ1) is 14.4. The molecular formula is C15H19N3O2. The monoisotopic (exact) mass is 273 g/mol. The fourth-order valence-corrected chi connectivity index (χ4v) is 2.75. The van der Waals surface area contributed by atoms with Gasteiger partial charge < -0.3 is 10.5 Å². The van der Waals surface area contributed by atoms with Gasteiger partial charge in [0, 0.05) is 19.6 Å². The van der Waals surface area contributed by atoms with E-state index >= 15 is 0 Å². The van der Waals surface area contributed by atoms with E-state index in [9.17, 15) is 4.79 Å². The number of carbonyl (C=O) groups is 1. The molecule has 106 valence electrons. The number of primary amides is 1. The third-order valence-electron chi connectivity index (χ3n) is 3.85. The number of benzene rings is 1. The summed E-state index contributed by atoms with van der Waals surface area (Å²) in [6.07, 6.45) is 0. The molecule has 0 spiro atoms. The van der Waals surface area contributed by atoms with E-state index in [1.807, 2.05) is 12.1 Å². The van der Waals surface area contributed by atoms with Crippen molar-refractivity contribution in [1.82, 2.24) is 4.90 Å². The highest BCUT2D eigenvalue weighted by molar-refractivity contribution is 5.77. The Kier molecular flexibility index (Phi) is 4.26. The summed E-state index contributed by atoms with van der Waals surface area (Å²) >= 11 is 0. The van der Waals surface area contributed by atoms with Crippen molar-refractivity contribution in [3.8, 4) is 11.8 Å². The third-order valence-corrected chi connectivity index (χ3v) is 3.85. The standard InChI is InChI=1S/C15H19N3O2/c1-10-7-18(9-13(10)15(17)19)8-11-3-4-12(6-16)14(5-11)20-2/h3-5,10,13H,7-9H2,1-2H3,(H2,17,19)/t10-,13-/m1/s1. The maximum Gasteiger partial charge on any atom is 0.222 e. The Morgan fingerprint density at radius 2 is 2.30 bits per heavy atom. The largest absolute Gasteiger partial charge is 0.495 e. The van der Waals surface area contributed by atoms with Gasteiger partial charge in [-0.05, 0) is 23.6 Å². The summed E-state index contributed by atoms with van der Waals surface area (Å²) in [7, 11) is 1.56. The molecule has 0 unspecified atom stereocenters. The molecule has 5 heteroatoms. The predicted octanol–water partition coefficient (Wildman–Crippen LogP) is 1.12. The van der Waals surface area contributed by atoms with Crippen LogP contribution >= 0.6 is 0 Å². The fourth-order valence-electron chi connectivity index (χ4n) is 2.75. The number of hydrogen-bond acceptors (Lipinski definition) is 4. The topological polar surface area (TPSA) is 79.3 Å². The summed E-state index contributed by atoms with van der Waals surface area (Å²) < 4.78 is 5.21. The number of hydrogen-bond donors (Lipinski definition) is 1. The quantitative estimate of drug-likeness (QED) is 0.891. The minimum atomic E-state index is -0.225. The summed E-state index contributed by atoms with van der Waals surface area (Å²) in [5.74, 6) is 0.573. The van der Waals surface area contributed by atoms with Gasteiger partial charge in [0.15, 0.2) is 0 Å². The molecule has 2 atom stereocenters. The number of amides is 1. The summed E-state index contributed by atoms with van der Waals surface area (Å²) in [4.78, 5) is 13.5. The molecule has 5 nitrogen and oxygen atoms in total. The number of nitrogens with zero attached hydrogens (tertiary/aromatic N) is 2. The zero-order valence-corrected chi connectivity index (χ0v) is 11.8. The smallest absolute Gasteiger partial charge is 0.222 e. The number of ether oxygens (including phenoxy) is 1. The van der Waals surface area contributed by atoms with Crippen molar-refractivity contribution in [1.29, 1.82) is 5.26 Å². The molecule has 1 saturated heterocycles. The average molecular weight is 273 g/mol. The van der Waals surface area contributed by atoms with Gasteiger partial charge in [0.1, 0.15) is 11.8 Å². The first-order chi connectivity index (χ1) is 9.55. The molecule has 1 aromatic rings. The lowest BCUT2D eigenvalue weighted by atomic mass is 9.98. The Morgan fingerprint density at radius 3 is 2.85 bits per heavy atom. The van der Waals surface area contributed by atoms with Crippen LogP contribution in [0.5, 0.6) is 5.75 Å². The number of likely N-dealkylation sites (tertiary alicyclic amines) is 1. The summed E-state index contributed by atoms with van der Waals surface area (Å²) in [5, 5.41) is 8.96. The zero-order chi connectivity index (χ0) is 14.7. The Bertz CT molecular complexity index is 551. The SMILES string of the molecule is COc1cc(CN2C[C@@H](C)[C@H](C(N)=O)C2)ccc1C#N. The molecule has 1 aromatic carbocycles. The van der Waals surface area contributed by atoms with Crippen molar-refractivity contribution in [3.05, 3.63) is 29.3 Å². The maximum atomic E-state index is 11.3. The Balaban J connectivity index is 2.08. The van der Waals surface area contributed by atoms with Gasteiger partial charge in [-0.2, -0.15) is 5.26 Å². The van der Waals surface area contributed by atoms with E-state index in [0.29, 0.717) is 17.9 Å². The van der Waals surface area contributed by atoms with Crippen molar-refractivity contribution in [2.75, 3.05) is 20.2 Å². The lowest BCUT2D eigenvalue weighted by Gasteiger charge is -2.16. The van der Waals surface area contributed by atoms with Crippen LogP contribution in [0, 0.1) is 23.2 Å². The lowest BCUT2D eigenvalue weighted by Crippen LogP contribution is -2.29. The minimum Gasteiger partial charge on any atom is -0.495 e. The van der Waals surface area contributed by atoms with Gasteiger partial charge in [0.25, 0.3) is 0 Å². The molecule has 1 fully saturated rings. The first-order valence-electron chi connectivity index (χ1n) is 6.63. The molecular weight excluding hydrogens is 254 g/mol. The molecule has 0 bridgehead atoms. The van der Waals surface area contributed by atoms with Crippen LogP contribution in [0.3, 0.4) is 0 Å². The van der Waals surface area contributed by atoms with Gasteiger partial charge in [-0.25, -0.2) is 0 Å². The van der Waals surface area contributed by atoms with Crippen LogP contribution in [0.25, 0.3) is 0 Å². The zero-order valence-electron chi connectivity index (χ0n) is 11.8. The lowest BCUT2D eigenvalue weighted by molar-refractivity contribution is -0.122. The molecule has 0 aliphatic carbocycles. The molecule has 0 saturated carbocycles. The van der Waals surface area contributed by atoms with E-state index in [0.717, 1.165) is 18.7 Å². The van der Waals surface area contributed by atoms with Crippen LogP contribution in [0.1, 0.15) is 18.1 Å². The molecule has 1 amide bonds. The molecule has 1 heterocycles. The highest BCUT2D eigenvalue weighted by Gasteiger charge is 2.33. The molecule has 0 aromatic heterocycles. The Morgan fingerprint density at radius 1 is 1.55 bits per heavy atom. The van der Waals surface area contributed by atoms with Crippen LogP contribution in [0.15, 0.2) is 18.2 Å². The molecule has 1 aliphatic heterocycles. The van der Waals surface area contributed by atoms with Gasteiger partial charge in [0.05, 0.1) is 18.6 Å². The van der Waals surface area contributed by atoms with Crippen molar-refractivity contribution in [3.63, 3.8) is 0 Å². The number of rotatable bonds is 4. The van der Waals surface area contributed by atoms with Crippen LogP contribution in [0.4, 0.5) is 0 Å². The Labute approximate surface area is 118 Å². The highest BCUT2D eigenvalue weighted by atomic mass is 16.5. The molecule has 2 N–H and O–H groups in total. The van der Waals surface area contributed by atoms with Gasteiger partial charge in [0.2, 0.25) is 5.91 Å². The summed E-state index contributed by atoms with van der Waals surface area (Å²) in [6, 6.07) is 7.66. The van der Waals surface area contributed by atoms with Crippen LogP contribution in [-0.2, 0) is 11.3 Å². The number of methoxy groups -OCH3 is 1. The number of nitrogens with two attached hydrogens (primary N) is 1. The second kappa shape index (κ2) is 5.93. The fraction of sp³-hybridized carbons (Fsp3) is 0.467. The second-order valence-electron chi connectivity index (χ2n) is 5.33. The molecule has 0 radical (unpaired) electrons. The average Bonchev–Trinajstić information content (AvgIpc) is 2.79. The third kappa shape index (κ3) is 2.91. The molecule has 2 rings (SSSR count). The number of carbonyl (C=O) groups excluding carboxylic acids is 1. The maximum absolute atomic E-state index is 11.3. The summed E-state index contributed by atoms with van der Waals surface area (Å²) in [6.45, 7) is 4.33. The van der Waals surface area contributed by atoms with E-state index in [1.54, 1.807) is 13.2 Å². The van der Waals surface area contributed by atoms with E-state index in [-0.39, 0.29) is 17.7 Å². The normalized spacial score (nSPS) is 22.4. The van der Waals surface area contributed by atoms with Crippen molar-refractivity contribution in [2.24, 2.45) is 17.6 Å². The van der Waals surface area contributed by atoms with Crippen molar-refractivity contribution in [2.45, 2.75) is 13.5 Å². The van der Waals surface area contributed by atoms with E-state index in [4.69, 9.17) is 15.7 Å². The number of nitriles is 1. The highest BCUT2D eigenvalue weighted by Crippen LogP contribution is 2.26. The molecule has 20 heavy (non-hydrogen) atoms. The predicted molar refractivity (Wildman–Crippen MR) is 74.8 cm³/mol. The van der Waals surface area contributed by atoms with Gasteiger partial charge >= 0.3 is 0 Å². The van der Waals surface area contributed by atoms with Crippen LogP contribution < -0.4 is 10.5 Å². The van der Waals surface area contributed by atoms with E-state index < -0.39 is 0 Å². The minimum absolute atomic E-state index is 0.0738. The van der Waals surface area contributed by atoms with E-state index in [1.165, 1.54) is 0 Å². The van der Waals surface area contributed by atoms with E-state index in [2.05, 4.69) is 17.9 Å². The second-order valence-corrected chi connectivity index (χ2v) is 5.33. The Hall–Kier alpha value is -2.06. The first-order valence-corrected chi connectivity index (χ1v) is 6.63. The van der Waals surface area contributed by atoms with Crippen molar-refractivity contribution < 1.29 is 9.53 Å². The van der Waals surface area contributed by atoms with Gasteiger partial charge in [-0.15, -0.1) is 0 Å². The van der Waals surface area contributed by atoms with Crippen LogP contribution in [0.2, 0.25) is 0 Å². The van der Waals surface area contributed by atoms with Crippen LogP contribution in [-0.4, -0.2) is 31.0 Å². The van der Waals surface area contributed by atoms with Crippen molar-refractivity contribution >= 4 is 5.91 Å². The summed E-state index contributed by atoms with van der Waals surface area (Å²) in [5.41, 5.74) is 7.00. The van der Waals surface area contributed by atoms with Gasteiger partial charge in [-0.1, -0.05) is 13.0 Å². The van der Waals surface area contributed by atoms with Gasteiger partial charge in [-0.3, -0.25) is 9.69 Å². The molecule has 1 aliphatic rings.